The van der Waals surface area contributed by atoms with Crippen LogP contribution in [-0.4, -0.2) is 12.3 Å². The van der Waals surface area contributed by atoms with E-state index in [1.807, 2.05) is 26.0 Å². The number of carbonyl (C=O) groups is 1. The third-order valence-corrected chi connectivity index (χ3v) is 2.11. The summed E-state index contributed by atoms with van der Waals surface area (Å²) in [4.78, 5) is 11.1. The lowest BCUT2D eigenvalue weighted by Gasteiger charge is -2.04. The van der Waals surface area contributed by atoms with Crippen LogP contribution in [0.25, 0.3) is 0 Å². The van der Waals surface area contributed by atoms with E-state index in [1.54, 1.807) is 0 Å². The molecule has 0 aliphatic carbocycles. The standard InChI is InChI=1S/C11H15NO/c1-8-3-4-10(9(2)5-8)6-11(13)7-12/h3-5H,6-7,12H2,1-2H3. The van der Waals surface area contributed by atoms with Crippen molar-refractivity contribution in [3.05, 3.63) is 34.9 Å². The Labute approximate surface area is 78.8 Å². The first-order valence-electron chi connectivity index (χ1n) is 4.41. The summed E-state index contributed by atoms with van der Waals surface area (Å²) in [7, 11) is 0. The molecule has 0 aliphatic rings. The molecule has 0 atom stereocenters. The molecule has 1 aromatic rings. The molecule has 0 spiro atoms. The minimum Gasteiger partial charge on any atom is -0.324 e. The maximum absolute atomic E-state index is 11.1. The van der Waals surface area contributed by atoms with Gasteiger partial charge in [-0.25, -0.2) is 0 Å². The van der Waals surface area contributed by atoms with Crippen molar-refractivity contribution in [1.29, 1.82) is 0 Å². The molecule has 0 aliphatic heterocycles. The molecule has 2 heteroatoms. The lowest BCUT2D eigenvalue weighted by atomic mass is 10.0. The molecular formula is C11H15NO. The van der Waals surface area contributed by atoms with Crippen LogP contribution in [-0.2, 0) is 11.2 Å². The van der Waals surface area contributed by atoms with Crippen molar-refractivity contribution in [2.75, 3.05) is 6.54 Å². The molecule has 0 aromatic heterocycles. The highest BCUT2D eigenvalue weighted by molar-refractivity contribution is 5.82. The maximum atomic E-state index is 11.1. The van der Waals surface area contributed by atoms with Crippen LogP contribution in [0.1, 0.15) is 16.7 Å². The average Bonchev–Trinajstić information content (AvgIpc) is 2.09. The third-order valence-electron chi connectivity index (χ3n) is 2.11. The van der Waals surface area contributed by atoms with Gasteiger partial charge in [-0.1, -0.05) is 23.8 Å². The monoisotopic (exact) mass is 177 g/mol. The third kappa shape index (κ3) is 2.67. The number of nitrogens with two attached hydrogens (primary N) is 1. The Morgan fingerprint density at radius 2 is 2.08 bits per heavy atom. The topological polar surface area (TPSA) is 43.1 Å². The summed E-state index contributed by atoms with van der Waals surface area (Å²) in [6.07, 6.45) is 0.461. The van der Waals surface area contributed by atoms with Crippen LogP contribution in [0.5, 0.6) is 0 Å². The number of benzene rings is 1. The number of carbonyl (C=O) groups excluding carboxylic acids is 1. The highest BCUT2D eigenvalue weighted by Crippen LogP contribution is 2.11. The summed E-state index contributed by atoms with van der Waals surface area (Å²) in [6, 6.07) is 6.10. The van der Waals surface area contributed by atoms with Gasteiger partial charge in [0.15, 0.2) is 5.78 Å². The van der Waals surface area contributed by atoms with E-state index in [4.69, 9.17) is 5.73 Å². The summed E-state index contributed by atoms with van der Waals surface area (Å²) in [5.74, 6) is 0.0898. The molecule has 0 saturated carbocycles. The zero-order chi connectivity index (χ0) is 9.84. The van der Waals surface area contributed by atoms with Gasteiger partial charge in [0.05, 0.1) is 6.54 Å². The van der Waals surface area contributed by atoms with E-state index in [9.17, 15) is 4.79 Å². The van der Waals surface area contributed by atoms with Crippen LogP contribution in [0.3, 0.4) is 0 Å². The first-order valence-corrected chi connectivity index (χ1v) is 4.41. The van der Waals surface area contributed by atoms with Crippen molar-refractivity contribution >= 4 is 5.78 Å². The highest BCUT2D eigenvalue weighted by atomic mass is 16.1. The Morgan fingerprint density at radius 3 is 2.62 bits per heavy atom. The summed E-state index contributed by atoms with van der Waals surface area (Å²) in [5, 5.41) is 0. The number of aryl methyl sites for hydroxylation is 2. The molecule has 2 nitrogen and oxygen atoms in total. The SMILES string of the molecule is Cc1ccc(CC(=O)CN)c(C)c1. The minimum absolute atomic E-state index is 0.0898. The van der Waals surface area contributed by atoms with Gasteiger partial charge >= 0.3 is 0 Å². The van der Waals surface area contributed by atoms with Crippen molar-refractivity contribution in [3.8, 4) is 0 Å². The summed E-state index contributed by atoms with van der Waals surface area (Å²) in [6.45, 7) is 4.20. The smallest absolute Gasteiger partial charge is 0.150 e. The molecule has 0 unspecified atom stereocenters. The van der Waals surface area contributed by atoms with Crippen LogP contribution in [0.2, 0.25) is 0 Å². The Hall–Kier alpha value is -1.15. The van der Waals surface area contributed by atoms with Crippen molar-refractivity contribution < 1.29 is 4.79 Å². The maximum Gasteiger partial charge on any atom is 0.150 e. The van der Waals surface area contributed by atoms with Gasteiger partial charge in [-0.15, -0.1) is 0 Å². The molecule has 0 radical (unpaired) electrons. The first-order chi connectivity index (χ1) is 6.13. The van der Waals surface area contributed by atoms with Gasteiger partial charge in [-0.2, -0.15) is 0 Å². The van der Waals surface area contributed by atoms with E-state index in [2.05, 4.69) is 6.07 Å². The number of hydrogen-bond donors (Lipinski definition) is 1. The molecular weight excluding hydrogens is 162 g/mol. The quantitative estimate of drug-likeness (QED) is 0.757. The van der Waals surface area contributed by atoms with Gasteiger partial charge in [0.2, 0.25) is 0 Å². The molecule has 1 rings (SSSR count). The number of ketones is 1. The molecule has 0 amide bonds. The number of hydrogen-bond acceptors (Lipinski definition) is 2. The van der Waals surface area contributed by atoms with Crippen molar-refractivity contribution in [3.63, 3.8) is 0 Å². The van der Waals surface area contributed by atoms with Crippen LogP contribution >= 0.6 is 0 Å². The molecule has 1 aromatic carbocycles. The highest BCUT2D eigenvalue weighted by Gasteiger charge is 2.03. The van der Waals surface area contributed by atoms with Gasteiger partial charge in [0.1, 0.15) is 0 Å². The van der Waals surface area contributed by atoms with E-state index in [0.717, 1.165) is 5.56 Å². The van der Waals surface area contributed by atoms with E-state index in [0.29, 0.717) is 6.42 Å². The van der Waals surface area contributed by atoms with E-state index in [1.165, 1.54) is 11.1 Å². The average molecular weight is 177 g/mol. The fourth-order valence-corrected chi connectivity index (χ4v) is 1.33. The normalized spacial score (nSPS) is 10.1. The van der Waals surface area contributed by atoms with Gasteiger partial charge in [0, 0.05) is 6.42 Å². The predicted molar refractivity (Wildman–Crippen MR) is 53.7 cm³/mol. The fourth-order valence-electron chi connectivity index (χ4n) is 1.33. The summed E-state index contributed by atoms with van der Waals surface area (Å²) >= 11 is 0. The van der Waals surface area contributed by atoms with Crippen LogP contribution in [0.15, 0.2) is 18.2 Å². The van der Waals surface area contributed by atoms with Crippen LogP contribution < -0.4 is 5.73 Å². The predicted octanol–water partition coefficient (Wildman–Crippen LogP) is 1.37. The molecule has 0 fully saturated rings. The molecule has 13 heavy (non-hydrogen) atoms. The lowest BCUT2D eigenvalue weighted by Crippen LogP contribution is -2.16. The second kappa shape index (κ2) is 4.19. The van der Waals surface area contributed by atoms with Gasteiger partial charge in [-0.05, 0) is 25.0 Å². The lowest BCUT2D eigenvalue weighted by molar-refractivity contribution is -0.117. The molecule has 0 saturated heterocycles. The zero-order valence-electron chi connectivity index (χ0n) is 8.13. The molecule has 0 bridgehead atoms. The largest absolute Gasteiger partial charge is 0.324 e. The van der Waals surface area contributed by atoms with Crippen molar-refractivity contribution in [1.82, 2.24) is 0 Å². The minimum atomic E-state index is 0.0898. The second-order valence-electron chi connectivity index (χ2n) is 3.35. The van der Waals surface area contributed by atoms with Gasteiger partial charge in [0.25, 0.3) is 0 Å². The Morgan fingerprint density at radius 1 is 1.38 bits per heavy atom. The second-order valence-corrected chi connectivity index (χ2v) is 3.35. The fraction of sp³-hybridized carbons (Fsp3) is 0.364. The first kappa shape index (κ1) is 9.93. The summed E-state index contributed by atoms with van der Waals surface area (Å²) < 4.78 is 0. The molecule has 0 heterocycles. The van der Waals surface area contributed by atoms with Gasteiger partial charge < -0.3 is 5.73 Å². The Kier molecular flexibility index (Phi) is 3.20. The summed E-state index contributed by atoms with van der Waals surface area (Å²) in [5.41, 5.74) is 8.73. The molecule has 2 N–H and O–H groups in total. The Balaban J connectivity index is 2.83. The van der Waals surface area contributed by atoms with Crippen LogP contribution in [0, 0.1) is 13.8 Å². The van der Waals surface area contributed by atoms with E-state index < -0.39 is 0 Å². The number of Topliss-reactive ketones (excluding diaryl/α,β-unsaturated/α-hetero) is 1. The van der Waals surface area contributed by atoms with Crippen LogP contribution in [0.4, 0.5) is 0 Å². The van der Waals surface area contributed by atoms with E-state index >= 15 is 0 Å². The van der Waals surface area contributed by atoms with Crippen molar-refractivity contribution in [2.24, 2.45) is 5.73 Å². The Bertz CT molecular complexity index is 318. The van der Waals surface area contributed by atoms with E-state index in [-0.39, 0.29) is 12.3 Å². The zero-order valence-corrected chi connectivity index (χ0v) is 8.13. The molecule has 70 valence electrons. The number of rotatable bonds is 3. The van der Waals surface area contributed by atoms with Gasteiger partial charge in [-0.3, -0.25) is 4.79 Å². The van der Waals surface area contributed by atoms with Crippen molar-refractivity contribution in [2.45, 2.75) is 20.3 Å².